The molecule has 1 atom stereocenters. The molecule has 104 valence electrons. The molecule has 0 heterocycles. The number of benzene rings is 1. The number of sulfone groups is 1. The quantitative estimate of drug-likeness (QED) is 0.807. The molecule has 1 aliphatic carbocycles. The van der Waals surface area contributed by atoms with E-state index in [9.17, 15) is 13.2 Å². The van der Waals surface area contributed by atoms with Gasteiger partial charge in [-0.1, -0.05) is 0 Å². The zero-order chi connectivity index (χ0) is 14.2. The van der Waals surface area contributed by atoms with Gasteiger partial charge in [0.05, 0.1) is 4.90 Å². The van der Waals surface area contributed by atoms with Gasteiger partial charge in [-0.2, -0.15) is 0 Å². The summed E-state index contributed by atoms with van der Waals surface area (Å²) in [5.41, 5.74) is 6.89. The molecule has 1 amide bonds. The fraction of sp³-hybridized carbons (Fsp3) is 0.462. The Labute approximate surface area is 113 Å². The molecule has 1 aromatic carbocycles. The normalized spacial score (nSPS) is 16.9. The van der Waals surface area contributed by atoms with E-state index in [2.05, 4.69) is 5.32 Å². The highest BCUT2D eigenvalue weighted by Crippen LogP contribution is 2.23. The minimum absolute atomic E-state index is 0.137. The lowest BCUT2D eigenvalue weighted by Crippen LogP contribution is -2.39. The van der Waals surface area contributed by atoms with Gasteiger partial charge in [0.2, 0.25) is 5.91 Å². The average molecular weight is 282 g/mol. The van der Waals surface area contributed by atoms with Crippen LogP contribution in [0.15, 0.2) is 23.1 Å². The lowest BCUT2D eigenvalue weighted by atomic mass is 10.2. The lowest BCUT2D eigenvalue weighted by Gasteiger charge is -2.14. The van der Waals surface area contributed by atoms with Crippen molar-refractivity contribution < 1.29 is 13.2 Å². The summed E-state index contributed by atoms with van der Waals surface area (Å²) in [5, 5.41) is 1.63. The number of hydrogen-bond acceptors (Lipinski definition) is 4. The third kappa shape index (κ3) is 2.89. The highest BCUT2D eigenvalue weighted by molar-refractivity contribution is 7.92. The molecule has 0 spiro atoms. The second-order valence-electron chi connectivity index (χ2n) is 4.99. The van der Waals surface area contributed by atoms with E-state index < -0.39 is 21.0 Å². The predicted molar refractivity (Wildman–Crippen MR) is 73.4 cm³/mol. The fourth-order valence-corrected chi connectivity index (χ4v) is 3.07. The molecule has 0 saturated heterocycles. The largest absolute Gasteiger partial charge is 0.399 e. The van der Waals surface area contributed by atoms with E-state index >= 15 is 0 Å². The van der Waals surface area contributed by atoms with E-state index in [0.717, 1.165) is 12.8 Å². The van der Waals surface area contributed by atoms with Crippen molar-refractivity contribution in [2.45, 2.75) is 42.9 Å². The van der Waals surface area contributed by atoms with Crippen molar-refractivity contribution in [1.29, 1.82) is 0 Å². The Balaban J connectivity index is 2.24. The van der Waals surface area contributed by atoms with Gasteiger partial charge in [0.25, 0.3) is 0 Å². The number of rotatable bonds is 4. The molecule has 1 aliphatic rings. The molecule has 5 nitrogen and oxygen atoms in total. The summed E-state index contributed by atoms with van der Waals surface area (Å²) in [7, 11) is -3.66. The molecular formula is C13H18N2O3S. The fourth-order valence-electron chi connectivity index (χ4n) is 1.72. The summed E-state index contributed by atoms with van der Waals surface area (Å²) in [5.74, 6) is -0.433. The summed E-state index contributed by atoms with van der Waals surface area (Å²) >= 11 is 0. The Morgan fingerprint density at radius 1 is 1.42 bits per heavy atom. The van der Waals surface area contributed by atoms with Gasteiger partial charge in [-0.05, 0) is 50.5 Å². The van der Waals surface area contributed by atoms with Crippen molar-refractivity contribution in [3.05, 3.63) is 23.8 Å². The topological polar surface area (TPSA) is 89.3 Å². The van der Waals surface area contributed by atoms with Crippen LogP contribution in [0.5, 0.6) is 0 Å². The first-order valence-corrected chi connectivity index (χ1v) is 7.77. The molecule has 1 aromatic rings. The summed E-state index contributed by atoms with van der Waals surface area (Å²) in [6, 6.07) is 4.65. The Morgan fingerprint density at radius 3 is 2.58 bits per heavy atom. The maximum atomic E-state index is 12.3. The standard InChI is InChI=1S/C13H18N2O3S/c1-8-7-11(5-6-12(8)14)19(17,18)9(2)13(16)15-10-3-4-10/h5-7,9-10H,3-4,14H2,1-2H3,(H,15,16). The molecule has 19 heavy (non-hydrogen) atoms. The molecule has 0 aromatic heterocycles. The number of carbonyl (C=O) groups is 1. The van der Waals surface area contributed by atoms with Gasteiger partial charge in [0.15, 0.2) is 9.84 Å². The van der Waals surface area contributed by atoms with Crippen LogP contribution in [0.4, 0.5) is 5.69 Å². The van der Waals surface area contributed by atoms with Crippen LogP contribution in [-0.2, 0) is 14.6 Å². The van der Waals surface area contributed by atoms with Crippen LogP contribution in [0.3, 0.4) is 0 Å². The minimum Gasteiger partial charge on any atom is -0.399 e. The van der Waals surface area contributed by atoms with Crippen LogP contribution in [0, 0.1) is 6.92 Å². The van der Waals surface area contributed by atoms with E-state index in [-0.39, 0.29) is 10.9 Å². The monoisotopic (exact) mass is 282 g/mol. The van der Waals surface area contributed by atoms with Gasteiger partial charge in [-0.3, -0.25) is 4.79 Å². The zero-order valence-corrected chi connectivity index (χ0v) is 11.8. The number of aryl methyl sites for hydroxylation is 1. The van der Waals surface area contributed by atoms with E-state index in [4.69, 9.17) is 5.73 Å². The van der Waals surface area contributed by atoms with Gasteiger partial charge < -0.3 is 11.1 Å². The van der Waals surface area contributed by atoms with Gasteiger partial charge in [-0.15, -0.1) is 0 Å². The van der Waals surface area contributed by atoms with Crippen LogP contribution < -0.4 is 11.1 Å². The molecule has 0 aliphatic heterocycles. The average Bonchev–Trinajstić information content (AvgIpc) is 3.15. The van der Waals surface area contributed by atoms with Crippen molar-refractivity contribution in [3.8, 4) is 0 Å². The maximum Gasteiger partial charge on any atom is 0.238 e. The van der Waals surface area contributed by atoms with E-state index in [1.807, 2.05) is 0 Å². The first kappa shape index (κ1) is 13.9. The number of hydrogen-bond donors (Lipinski definition) is 2. The van der Waals surface area contributed by atoms with Crippen molar-refractivity contribution in [3.63, 3.8) is 0 Å². The Kier molecular flexibility index (Phi) is 3.54. The molecule has 1 fully saturated rings. The Hall–Kier alpha value is -1.56. The highest BCUT2D eigenvalue weighted by atomic mass is 32.2. The summed E-state index contributed by atoms with van der Waals surface area (Å²) in [4.78, 5) is 12.0. The highest BCUT2D eigenvalue weighted by Gasteiger charge is 2.33. The number of nitrogens with one attached hydrogen (secondary N) is 1. The number of carbonyl (C=O) groups excluding carboxylic acids is 1. The number of nitrogens with two attached hydrogens (primary N) is 1. The van der Waals surface area contributed by atoms with Crippen molar-refractivity contribution in [2.24, 2.45) is 0 Å². The lowest BCUT2D eigenvalue weighted by molar-refractivity contribution is -0.120. The molecule has 0 bridgehead atoms. The number of amides is 1. The van der Waals surface area contributed by atoms with Crippen LogP contribution >= 0.6 is 0 Å². The number of nitrogen functional groups attached to an aromatic ring is 1. The summed E-state index contributed by atoms with van der Waals surface area (Å²) in [6.45, 7) is 3.15. The van der Waals surface area contributed by atoms with Crippen LogP contribution in [0.1, 0.15) is 25.3 Å². The molecule has 6 heteroatoms. The maximum absolute atomic E-state index is 12.3. The van der Waals surface area contributed by atoms with Gasteiger partial charge in [-0.25, -0.2) is 8.42 Å². The molecule has 1 unspecified atom stereocenters. The van der Waals surface area contributed by atoms with Crippen molar-refractivity contribution >= 4 is 21.4 Å². The summed E-state index contributed by atoms with van der Waals surface area (Å²) in [6.07, 6.45) is 1.86. The molecule has 2 rings (SSSR count). The second kappa shape index (κ2) is 4.85. The van der Waals surface area contributed by atoms with E-state index in [1.165, 1.54) is 19.1 Å². The van der Waals surface area contributed by atoms with Gasteiger partial charge in [0.1, 0.15) is 5.25 Å². The Morgan fingerprint density at radius 2 is 2.05 bits per heavy atom. The van der Waals surface area contributed by atoms with Gasteiger partial charge >= 0.3 is 0 Å². The molecule has 3 N–H and O–H groups in total. The van der Waals surface area contributed by atoms with Crippen LogP contribution in [0.2, 0.25) is 0 Å². The first-order valence-electron chi connectivity index (χ1n) is 6.23. The first-order chi connectivity index (χ1) is 8.82. The van der Waals surface area contributed by atoms with Crippen LogP contribution in [-0.4, -0.2) is 25.6 Å². The van der Waals surface area contributed by atoms with Crippen LogP contribution in [0.25, 0.3) is 0 Å². The smallest absolute Gasteiger partial charge is 0.238 e. The molecule has 0 radical (unpaired) electrons. The second-order valence-corrected chi connectivity index (χ2v) is 7.26. The number of anilines is 1. The van der Waals surface area contributed by atoms with E-state index in [0.29, 0.717) is 11.3 Å². The third-order valence-corrected chi connectivity index (χ3v) is 5.38. The summed E-state index contributed by atoms with van der Waals surface area (Å²) < 4.78 is 24.7. The SMILES string of the molecule is Cc1cc(S(=O)(=O)C(C)C(=O)NC2CC2)ccc1N. The minimum atomic E-state index is -3.66. The third-order valence-electron chi connectivity index (χ3n) is 3.33. The van der Waals surface area contributed by atoms with E-state index in [1.54, 1.807) is 13.0 Å². The van der Waals surface area contributed by atoms with Crippen molar-refractivity contribution in [1.82, 2.24) is 5.32 Å². The zero-order valence-electron chi connectivity index (χ0n) is 11.0. The molecular weight excluding hydrogens is 264 g/mol. The predicted octanol–water partition coefficient (Wildman–Crippen LogP) is 1.02. The molecule has 1 saturated carbocycles. The van der Waals surface area contributed by atoms with Crippen molar-refractivity contribution in [2.75, 3.05) is 5.73 Å². The Bertz CT molecular complexity index is 606. The van der Waals surface area contributed by atoms with Gasteiger partial charge in [0, 0.05) is 11.7 Å².